The van der Waals surface area contributed by atoms with Crippen LogP contribution in [-0.2, 0) is 17.8 Å². The Morgan fingerprint density at radius 1 is 1.50 bits per heavy atom. The number of rotatable bonds is 5. The molecule has 2 aromatic rings. The Bertz CT molecular complexity index is 616. The number of aryl methyl sites for hydroxylation is 1. The molecule has 1 aliphatic rings. The predicted molar refractivity (Wildman–Crippen MR) is 79.1 cm³/mol. The number of hydrogen-bond donors (Lipinski definition) is 0. The van der Waals surface area contributed by atoms with Crippen LogP contribution in [0.15, 0.2) is 17.8 Å². The molecule has 2 aromatic heterocycles. The van der Waals surface area contributed by atoms with Crippen molar-refractivity contribution < 1.29 is 13.5 Å². The van der Waals surface area contributed by atoms with Gasteiger partial charge in [0.1, 0.15) is 11.6 Å². The van der Waals surface area contributed by atoms with E-state index >= 15 is 0 Å². The maximum Gasteiger partial charge on any atom is 0.257 e. The van der Waals surface area contributed by atoms with Gasteiger partial charge in [0, 0.05) is 35.9 Å². The lowest BCUT2D eigenvalue weighted by Gasteiger charge is -2.34. The van der Waals surface area contributed by atoms with Gasteiger partial charge in [-0.15, -0.1) is 11.3 Å². The molecule has 0 aliphatic carbocycles. The minimum atomic E-state index is -2.39. The molecule has 1 fully saturated rings. The first kappa shape index (κ1) is 15.5. The van der Waals surface area contributed by atoms with Crippen LogP contribution in [0, 0.1) is 6.92 Å². The van der Waals surface area contributed by atoms with Gasteiger partial charge in [-0.05, 0) is 6.92 Å². The number of hydrogen-bond acceptors (Lipinski definition) is 5. The number of nitrogens with zero attached hydrogens (tertiary/aromatic N) is 4. The van der Waals surface area contributed by atoms with Crippen LogP contribution in [0.2, 0.25) is 0 Å². The number of aromatic nitrogens is 3. The topological polar surface area (TPSA) is 43.2 Å². The number of alkyl halides is 2. The molecule has 5 nitrogen and oxygen atoms in total. The first-order valence-electron chi connectivity index (χ1n) is 7.15. The molecule has 0 aromatic carbocycles. The fourth-order valence-corrected chi connectivity index (χ4v) is 3.46. The highest BCUT2D eigenvalue weighted by Crippen LogP contribution is 2.28. The summed E-state index contributed by atoms with van der Waals surface area (Å²) in [4.78, 5) is 6.82. The third kappa shape index (κ3) is 3.68. The van der Waals surface area contributed by atoms with Crippen LogP contribution in [-0.4, -0.2) is 45.8 Å². The van der Waals surface area contributed by atoms with Crippen LogP contribution < -0.4 is 0 Å². The first-order chi connectivity index (χ1) is 10.6. The third-order valence-corrected chi connectivity index (χ3v) is 4.62. The highest BCUT2D eigenvalue weighted by molar-refractivity contribution is 7.09. The SMILES string of the molecule is Cc1csc(C2COCCN2Cc2cnn(CC(F)F)c2)n1. The molecule has 0 amide bonds. The average Bonchev–Trinajstić information content (AvgIpc) is 3.08. The maximum absolute atomic E-state index is 12.4. The summed E-state index contributed by atoms with van der Waals surface area (Å²) in [6.07, 6.45) is 0.954. The van der Waals surface area contributed by atoms with E-state index in [0.717, 1.165) is 22.8 Å². The van der Waals surface area contributed by atoms with Gasteiger partial charge in [-0.3, -0.25) is 9.58 Å². The summed E-state index contributed by atoms with van der Waals surface area (Å²) < 4.78 is 31.6. The number of ether oxygens (including phenoxy) is 1. The first-order valence-corrected chi connectivity index (χ1v) is 8.03. The fourth-order valence-electron chi connectivity index (χ4n) is 2.54. The van der Waals surface area contributed by atoms with E-state index in [2.05, 4.69) is 15.0 Å². The highest BCUT2D eigenvalue weighted by atomic mass is 32.1. The molecule has 0 radical (unpaired) electrons. The Balaban J connectivity index is 1.70. The zero-order valence-electron chi connectivity index (χ0n) is 12.3. The zero-order valence-corrected chi connectivity index (χ0v) is 13.1. The van der Waals surface area contributed by atoms with Gasteiger partial charge in [0.05, 0.1) is 25.5 Å². The van der Waals surface area contributed by atoms with Gasteiger partial charge in [0.15, 0.2) is 0 Å². The van der Waals surface area contributed by atoms with Crippen molar-refractivity contribution in [2.24, 2.45) is 0 Å². The van der Waals surface area contributed by atoms with E-state index in [4.69, 9.17) is 4.74 Å². The van der Waals surface area contributed by atoms with Crippen LogP contribution >= 0.6 is 11.3 Å². The van der Waals surface area contributed by atoms with Crippen LogP contribution in [0.5, 0.6) is 0 Å². The van der Waals surface area contributed by atoms with Crippen LogP contribution in [0.4, 0.5) is 8.78 Å². The molecule has 3 heterocycles. The van der Waals surface area contributed by atoms with E-state index in [1.807, 2.05) is 12.3 Å². The average molecular weight is 328 g/mol. The van der Waals surface area contributed by atoms with Crippen molar-refractivity contribution in [3.05, 3.63) is 34.0 Å². The lowest BCUT2D eigenvalue weighted by molar-refractivity contribution is -0.0128. The highest BCUT2D eigenvalue weighted by Gasteiger charge is 2.27. The lowest BCUT2D eigenvalue weighted by atomic mass is 10.2. The minimum absolute atomic E-state index is 0.117. The van der Waals surface area contributed by atoms with Gasteiger partial charge in [-0.25, -0.2) is 13.8 Å². The molecule has 0 N–H and O–H groups in total. The molecule has 0 spiro atoms. The number of morpholine rings is 1. The van der Waals surface area contributed by atoms with E-state index in [1.54, 1.807) is 23.7 Å². The summed E-state index contributed by atoms with van der Waals surface area (Å²) in [6, 6.07) is 0.117. The second-order valence-electron chi connectivity index (χ2n) is 5.35. The lowest BCUT2D eigenvalue weighted by Crippen LogP contribution is -2.38. The van der Waals surface area contributed by atoms with Gasteiger partial charge in [-0.1, -0.05) is 0 Å². The second kappa shape index (κ2) is 6.80. The van der Waals surface area contributed by atoms with Gasteiger partial charge in [-0.2, -0.15) is 5.10 Å². The summed E-state index contributed by atoms with van der Waals surface area (Å²) >= 11 is 1.63. The summed E-state index contributed by atoms with van der Waals surface area (Å²) in [5.74, 6) is 0. The molecule has 1 aliphatic heterocycles. The van der Waals surface area contributed by atoms with Crippen molar-refractivity contribution in [2.45, 2.75) is 32.5 Å². The van der Waals surface area contributed by atoms with E-state index in [-0.39, 0.29) is 12.6 Å². The fraction of sp³-hybridized carbons (Fsp3) is 0.571. The monoisotopic (exact) mass is 328 g/mol. The molecule has 0 bridgehead atoms. The Labute approximate surface area is 131 Å². The van der Waals surface area contributed by atoms with Crippen LogP contribution in [0.25, 0.3) is 0 Å². The van der Waals surface area contributed by atoms with Crippen molar-refractivity contribution in [3.63, 3.8) is 0 Å². The minimum Gasteiger partial charge on any atom is -0.378 e. The molecule has 1 atom stereocenters. The molecule has 1 unspecified atom stereocenters. The largest absolute Gasteiger partial charge is 0.378 e. The number of thiazole rings is 1. The van der Waals surface area contributed by atoms with E-state index in [0.29, 0.717) is 19.8 Å². The van der Waals surface area contributed by atoms with Gasteiger partial charge < -0.3 is 4.74 Å². The summed E-state index contributed by atoms with van der Waals surface area (Å²) in [5.41, 5.74) is 1.94. The van der Waals surface area contributed by atoms with Crippen LogP contribution in [0.3, 0.4) is 0 Å². The van der Waals surface area contributed by atoms with Gasteiger partial charge >= 0.3 is 0 Å². The van der Waals surface area contributed by atoms with Crippen molar-refractivity contribution in [1.82, 2.24) is 19.7 Å². The molecular formula is C14H18F2N4OS. The van der Waals surface area contributed by atoms with Gasteiger partial charge in [0.2, 0.25) is 0 Å². The summed E-state index contributed by atoms with van der Waals surface area (Å²) in [6.45, 7) is 4.35. The summed E-state index contributed by atoms with van der Waals surface area (Å²) in [7, 11) is 0. The Morgan fingerprint density at radius 2 is 2.36 bits per heavy atom. The molecule has 3 rings (SSSR count). The van der Waals surface area contributed by atoms with E-state index < -0.39 is 6.43 Å². The predicted octanol–water partition coefficient (Wildman–Crippen LogP) is 2.49. The van der Waals surface area contributed by atoms with E-state index in [1.165, 1.54) is 4.68 Å². The van der Waals surface area contributed by atoms with Crippen molar-refractivity contribution >= 4 is 11.3 Å². The van der Waals surface area contributed by atoms with E-state index in [9.17, 15) is 8.78 Å². The Hall–Kier alpha value is -1.38. The number of halogens is 2. The Kier molecular flexibility index (Phi) is 4.80. The normalized spacial score (nSPS) is 19.9. The standard InChI is InChI=1S/C14H18F2N4OS/c1-10-9-22-14(18-10)12-8-21-3-2-19(12)5-11-4-17-20(6-11)7-13(15)16/h4,6,9,12-13H,2-3,5,7-8H2,1H3. The zero-order chi connectivity index (χ0) is 15.5. The molecule has 22 heavy (non-hydrogen) atoms. The third-order valence-electron chi connectivity index (χ3n) is 3.56. The second-order valence-corrected chi connectivity index (χ2v) is 6.24. The molecular weight excluding hydrogens is 310 g/mol. The Morgan fingerprint density at radius 3 is 3.09 bits per heavy atom. The van der Waals surface area contributed by atoms with Crippen molar-refractivity contribution in [3.8, 4) is 0 Å². The van der Waals surface area contributed by atoms with Gasteiger partial charge in [0.25, 0.3) is 6.43 Å². The van der Waals surface area contributed by atoms with Crippen molar-refractivity contribution in [2.75, 3.05) is 19.8 Å². The molecule has 1 saturated heterocycles. The smallest absolute Gasteiger partial charge is 0.257 e. The molecule has 0 saturated carbocycles. The summed E-state index contributed by atoms with van der Waals surface area (Å²) in [5, 5.41) is 7.06. The quantitative estimate of drug-likeness (QED) is 0.846. The molecule has 8 heteroatoms. The van der Waals surface area contributed by atoms with Crippen LogP contribution in [0.1, 0.15) is 22.3 Å². The molecule has 120 valence electrons. The van der Waals surface area contributed by atoms with Crippen molar-refractivity contribution in [1.29, 1.82) is 0 Å². The maximum atomic E-state index is 12.4.